The Kier molecular flexibility index (Phi) is 6.17. The van der Waals surface area contributed by atoms with E-state index in [4.69, 9.17) is 9.47 Å². The Hall–Kier alpha value is 0.270. The highest BCUT2D eigenvalue weighted by Gasteiger charge is 2.05. The molecule has 0 aliphatic carbocycles. The highest BCUT2D eigenvalue weighted by atomic mass is 32.2. The minimum Gasteiger partial charge on any atom is -0.356 e. The van der Waals surface area contributed by atoms with Gasteiger partial charge in [0, 0.05) is 7.11 Å². The zero-order valence-corrected chi connectivity index (χ0v) is 7.90. The molecule has 2 unspecified atom stereocenters. The van der Waals surface area contributed by atoms with Crippen LogP contribution in [0.3, 0.4) is 0 Å². The van der Waals surface area contributed by atoms with E-state index < -0.39 is 0 Å². The molecule has 0 saturated carbocycles. The molecule has 2 atom stereocenters. The summed E-state index contributed by atoms with van der Waals surface area (Å²) < 4.78 is 10.3. The largest absolute Gasteiger partial charge is 0.356 e. The Bertz CT molecular complexity index is 78.0. The zero-order chi connectivity index (χ0) is 7.98. The summed E-state index contributed by atoms with van der Waals surface area (Å²) in [5.41, 5.74) is 0.236. The first-order valence-corrected chi connectivity index (χ1v) is 4.55. The average molecular weight is 164 g/mol. The van der Waals surface area contributed by atoms with Gasteiger partial charge in [-0.3, -0.25) is 0 Å². The molecule has 0 saturated heterocycles. The van der Waals surface area contributed by atoms with Gasteiger partial charge < -0.3 is 9.47 Å². The number of methoxy groups -OCH3 is 1. The molecule has 0 N–H and O–H groups in total. The fourth-order valence-electron chi connectivity index (χ4n) is 0.599. The predicted octanol–water partition coefficient (Wildman–Crippen LogP) is 2.09. The van der Waals surface area contributed by atoms with Crippen LogP contribution in [-0.2, 0) is 9.47 Å². The Morgan fingerprint density at radius 2 is 2.00 bits per heavy atom. The van der Waals surface area contributed by atoms with Crippen molar-refractivity contribution in [3.8, 4) is 0 Å². The van der Waals surface area contributed by atoms with Crippen LogP contribution in [0.2, 0.25) is 0 Å². The van der Waals surface area contributed by atoms with Crippen LogP contribution in [0.25, 0.3) is 0 Å². The highest BCUT2D eigenvalue weighted by Crippen LogP contribution is 2.12. The quantitative estimate of drug-likeness (QED) is 0.580. The lowest BCUT2D eigenvalue weighted by molar-refractivity contribution is -0.116. The second-order valence-electron chi connectivity index (χ2n) is 1.96. The molecule has 0 fully saturated rings. The second kappa shape index (κ2) is 6.01. The molecule has 0 rings (SSSR count). The monoisotopic (exact) mass is 164 g/mol. The van der Waals surface area contributed by atoms with E-state index in [1.165, 1.54) is 0 Å². The molecule has 62 valence electrons. The Labute approximate surface area is 67.3 Å². The molecule has 0 aromatic carbocycles. The number of ether oxygens (including phenoxy) is 2. The van der Waals surface area contributed by atoms with Crippen LogP contribution in [0.5, 0.6) is 0 Å². The third-order valence-corrected chi connectivity index (χ3v) is 2.03. The average Bonchev–Trinajstić information content (AvgIpc) is 1.88. The van der Waals surface area contributed by atoms with Crippen molar-refractivity contribution in [2.75, 3.05) is 12.9 Å². The van der Waals surface area contributed by atoms with E-state index in [9.17, 15) is 0 Å². The second-order valence-corrected chi connectivity index (χ2v) is 3.54. The van der Waals surface area contributed by atoms with Crippen LogP contribution in [0.1, 0.15) is 20.8 Å². The third kappa shape index (κ3) is 5.09. The third-order valence-electron chi connectivity index (χ3n) is 1.12. The molecule has 0 amide bonds. The van der Waals surface area contributed by atoms with Crippen LogP contribution in [0.15, 0.2) is 0 Å². The van der Waals surface area contributed by atoms with Crippen molar-refractivity contribution in [2.45, 2.75) is 32.5 Å². The summed E-state index contributed by atoms with van der Waals surface area (Å²) in [6, 6.07) is 0. The lowest BCUT2D eigenvalue weighted by atomic mass is 10.7. The summed E-state index contributed by atoms with van der Waals surface area (Å²) in [5.74, 6) is 1.08. The van der Waals surface area contributed by atoms with E-state index in [2.05, 4.69) is 6.92 Å². The van der Waals surface area contributed by atoms with Crippen LogP contribution >= 0.6 is 11.8 Å². The Morgan fingerprint density at radius 1 is 1.40 bits per heavy atom. The van der Waals surface area contributed by atoms with Crippen molar-refractivity contribution in [3.63, 3.8) is 0 Å². The molecule has 0 bridgehead atoms. The van der Waals surface area contributed by atoms with Crippen LogP contribution in [-0.4, -0.2) is 24.6 Å². The van der Waals surface area contributed by atoms with Gasteiger partial charge in [0.2, 0.25) is 0 Å². The van der Waals surface area contributed by atoms with Gasteiger partial charge in [-0.25, -0.2) is 0 Å². The number of hydrogen-bond acceptors (Lipinski definition) is 3. The lowest BCUT2D eigenvalue weighted by Gasteiger charge is -2.16. The van der Waals surface area contributed by atoms with Crippen molar-refractivity contribution in [2.24, 2.45) is 0 Å². The summed E-state index contributed by atoms with van der Waals surface area (Å²) in [6.07, 6.45) is -0.0888. The Balaban J connectivity index is 3.27. The summed E-state index contributed by atoms with van der Waals surface area (Å²) in [5, 5.41) is 0. The lowest BCUT2D eigenvalue weighted by Crippen LogP contribution is -2.15. The maximum absolute atomic E-state index is 5.38. The van der Waals surface area contributed by atoms with Gasteiger partial charge in [-0.2, -0.15) is 0 Å². The molecule has 0 spiro atoms. The number of rotatable bonds is 5. The molecule has 0 radical (unpaired) electrons. The van der Waals surface area contributed by atoms with Gasteiger partial charge in [-0.1, -0.05) is 6.92 Å². The molecule has 0 aliphatic rings. The fraction of sp³-hybridized carbons (Fsp3) is 1.00. The molecule has 0 aromatic rings. The van der Waals surface area contributed by atoms with E-state index in [1.54, 1.807) is 18.9 Å². The van der Waals surface area contributed by atoms with Gasteiger partial charge in [-0.15, -0.1) is 11.8 Å². The van der Waals surface area contributed by atoms with Crippen LogP contribution in [0.4, 0.5) is 0 Å². The predicted molar refractivity (Wildman–Crippen MR) is 45.2 cm³/mol. The minimum absolute atomic E-state index is 0.0888. The van der Waals surface area contributed by atoms with Gasteiger partial charge in [0.25, 0.3) is 0 Å². The van der Waals surface area contributed by atoms with Crippen molar-refractivity contribution in [1.29, 1.82) is 0 Å². The summed E-state index contributed by atoms with van der Waals surface area (Å²) >= 11 is 1.77. The Morgan fingerprint density at radius 3 is 2.40 bits per heavy atom. The standard InChI is InChI=1S/C7H16O2S/c1-5-10-7(3)9-6(2)8-4/h6-7H,5H2,1-4H3. The summed E-state index contributed by atoms with van der Waals surface area (Å²) in [6.45, 7) is 6.04. The molecule has 10 heavy (non-hydrogen) atoms. The van der Waals surface area contributed by atoms with E-state index in [-0.39, 0.29) is 11.7 Å². The summed E-state index contributed by atoms with van der Waals surface area (Å²) in [7, 11) is 1.65. The zero-order valence-electron chi connectivity index (χ0n) is 7.09. The topological polar surface area (TPSA) is 18.5 Å². The first kappa shape index (κ1) is 10.3. The maximum atomic E-state index is 5.38. The fourth-order valence-corrected chi connectivity index (χ4v) is 1.30. The van der Waals surface area contributed by atoms with E-state index >= 15 is 0 Å². The van der Waals surface area contributed by atoms with Crippen molar-refractivity contribution in [3.05, 3.63) is 0 Å². The first-order chi connectivity index (χ1) is 4.70. The van der Waals surface area contributed by atoms with E-state index in [0.717, 1.165) is 5.75 Å². The van der Waals surface area contributed by atoms with Crippen LogP contribution in [0, 0.1) is 0 Å². The van der Waals surface area contributed by atoms with E-state index in [1.807, 2.05) is 13.8 Å². The molecular weight excluding hydrogens is 148 g/mol. The molecular formula is C7H16O2S. The normalized spacial score (nSPS) is 16.8. The molecule has 0 heterocycles. The van der Waals surface area contributed by atoms with Crippen LogP contribution < -0.4 is 0 Å². The minimum atomic E-state index is -0.0888. The number of hydrogen-bond donors (Lipinski definition) is 0. The van der Waals surface area contributed by atoms with Crippen molar-refractivity contribution in [1.82, 2.24) is 0 Å². The first-order valence-electron chi connectivity index (χ1n) is 3.50. The smallest absolute Gasteiger partial charge is 0.155 e. The van der Waals surface area contributed by atoms with Crippen molar-refractivity contribution < 1.29 is 9.47 Å². The summed E-state index contributed by atoms with van der Waals surface area (Å²) in [4.78, 5) is 0. The van der Waals surface area contributed by atoms with Gasteiger partial charge in [0.1, 0.15) is 5.44 Å². The maximum Gasteiger partial charge on any atom is 0.155 e. The van der Waals surface area contributed by atoms with Gasteiger partial charge in [0.15, 0.2) is 6.29 Å². The molecule has 2 nitrogen and oxygen atoms in total. The molecule has 0 aromatic heterocycles. The van der Waals surface area contributed by atoms with Gasteiger partial charge in [-0.05, 0) is 19.6 Å². The van der Waals surface area contributed by atoms with Crippen molar-refractivity contribution >= 4 is 11.8 Å². The van der Waals surface area contributed by atoms with Gasteiger partial charge >= 0.3 is 0 Å². The number of thioether (sulfide) groups is 1. The van der Waals surface area contributed by atoms with Gasteiger partial charge in [0.05, 0.1) is 0 Å². The van der Waals surface area contributed by atoms with E-state index in [0.29, 0.717) is 0 Å². The SMILES string of the molecule is CCSC(C)OC(C)OC. The highest BCUT2D eigenvalue weighted by molar-refractivity contribution is 7.99. The molecule has 3 heteroatoms. The molecule has 0 aliphatic heterocycles.